The summed E-state index contributed by atoms with van der Waals surface area (Å²) >= 11 is 0. The summed E-state index contributed by atoms with van der Waals surface area (Å²) in [5.74, 6) is 0.303. The van der Waals surface area contributed by atoms with Gasteiger partial charge in [-0.05, 0) is 24.6 Å². The quantitative estimate of drug-likeness (QED) is 0.899. The lowest BCUT2D eigenvalue weighted by Crippen LogP contribution is -2.16. The van der Waals surface area contributed by atoms with Gasteiger partial charge in [-0.2, -0.15) is 4.98 Å². The third-order valence-corrected chi connectivity index (χ3v) is 1.99. The molecule has 0 fully saturated rings. The number of nitrogens with one attached hydrogen (secondary N) is 1. The van der Waals surface area contributed by atoms with Crippen molar-refractivity contribution >= 4 is 17.4 Å². The third kappa shape index (κ3) is 2.94. The second-order valence-corrected chi connectivity index (χ2v) is 3.54. The maximum absolute atomic E-state index is 11.5. The zero-order valence-electron chi connectivity index (χ0n) is 9.71. The molecule has 0 atom stereocenters. The van der Waals surface area contributed by atoms with Gasteiger partial charge in [0.1, 0.15) is 0 Å². The van der Waals surface area contributed by atoms with Crippen LogP contribution in [0.15, 0.2) is 41.4 Å². The maximum atomic E-state index is 11.5. The number of carbonyl (C=O) groups is 1. The van der Waals surface area contributed by atoms with E-state index in [0.29, 0.717) is 17.1 Å². The monoisotopic (exact) mass is 245 g/mol. The number of anilines is 1. The fourth-order valence-electron chi connectivity index (χ4n) is 1.17. The van der Waals surface area contributed by atoms with E-state index in [-0.39, 0.29) is 6.08 Å². The summed E-state index contributed by atoms with van der Waals surface area (Å²) < 4.78 is 9.55. The number of rotatable bonds is 3. The highest BCUT2D eigenvalue weighted by molar-refractivity contribution is 5.85. The number of hydrogen-bond acceptors (Lipinski definition) is 5. The summed E-state index contributed by atoms with van der Waals surface area (Å²) in [6, 6.07) is 8.89. The minimum Gasteiger partial charge on any atom is -0.358 e. The highest BCUT2D eigenvalue weighted by Gasteiger charge is 2.12. The van der Waals surface area contributed by atoms with Crippen LogP contribution >= 0.6 is 0 Å². The van der Waals surface area contributed by atoms with Crippen molar-refractivity contribution in [1.82, 2.24) is 10.1 Å². The molecule has 0 spiro atoms. The van der Waals surface area contributed by atoms with E-state index in [9.17, 15) is 4.79 Å². The van der Waals surface area contributed by atoms with Gasteiger partial charge in [0.15, 0.2) is 0 Å². The first-order chi connectivity index (χ1) is 8.65. The van der Waals surface area contributed by atoms with E-state index in [4.69, 9.17) is 9.26 Å². The summed E-state index contributed by atoms with van der Waals surface area (Å²) in [7, 11) is 0. The van der Waals surface area contributed by atoms with Crippen molar-refractivity contribution in [1.29, 1.82) is 0 Å². The van der Waals surface area contributed by atoms with Gasteiger partial charge in [-0.25, -0.2) is 4.79 Å². The zero-order chi connectivity index (χ0) is 13.0. The van der Waals surface area contributed by atoms with Gasteiger partial charge in [-0.15, -0.1) is 0 Å². The number of carbonyl (C=O) groups excluding carboxylic acids is 1. The van der Waals surface area contributed by atoms with Crippen molar-refractivity contribution in [3.63, 3.8) is 0 Å². The minimum atomic E-state index is -0.696. The van der Waals surface area contributed by atoms with E-state index < -0.39 is 6.09 Å². The van der Waals surface area contributed by atoms with Crippen molar-refractivity contribution in [3.05, 3.63) is 42.7 Å². The van der Waals surface area contributed by atoms with Crippen LogP contribution in [0.5, 0.6) is 6.08 Å². The largest absolute Gasteiger partial charge is 0.426 e. The van der Waals surface area contributed by atoms with Crippen molar-refractivity contribution < 1.29 is 14.1 Å². The lowest BCUT2D eigenvalue weighted by Gasteiger charge is -2.01. The molecule has 6 heteroatoms. The van der Waals surface area contributed by atoms with E-state index in [1.54, 1.807) is 31.2 Å². The van der Waals surface area contributed by atoms with Crippen molar-refractivity contribution in [2.75, 3.05) is 5.32 Å². The average Bonchev–Trinajstić information content (AvgIpc) is 2.78. The second-order valence-electron chi connectivity index (χ2n) is 3.54. The molecule has 0 aliphatic carbocycles. The van der Waals surface area contributed by atoms with Gasteiger partial charge in [-0.1, -0.05) is 29.9 Å². The van der Waals surface area contributed by atoms with Crippen LogP contribution in [-0.4, -0.2) is 16.2 Å². The van der Waals surface area contributed by atoms with E-state index in [0.717, 1.165) is 0 Å². The van der Waals surface area contributed by atoms with Gasteiger partial charge >= 0.3 is 12.2 Å². The van der Waals surface area contributed by atoms with Crippen molar-refractivity contribution in [3.8, 4) is 6.08 Å². The zero-order valence-corrected chi connectivity index (χ0v) is 9.71. The molecular formula is C12H11N3O3. The first-order valence-electron chi connectivity index (χ1n) is 5.18. The number of amides is 1. The number of nitrogens with zero attached hydrogens (tertiary/aromatic N) is 2. The van der Waals surface area contributed by atoms with E-state index in [1.807, 2.05) is 6.07 Å². The summed E-state index contributed by atoms with van der Waals surface area (Å²) in [5, 5.41) is 6.10. The molecule has 0 radical (unpaired) electrons. The molecule has 2 aromatic rings. The van der Waals surface area contributed by atoms with E-state index in [1.165, 1.54) is 0 Å². The standard InChI is InChI=1S/C12H11N3O3/c1-8(2)10-14-12(18-15-10)17-11(16)13-9-6-4-3-5-7-9/h3-7H,1H2,2H3,(H,13,16). The first-order valence-corrected chi connectivity index (χ1v) is 5.18. The molecule has 1 heterocycles. The summed E-state index contributed by atoms with van der Waals surface area (Å²) in [6.07, 6.45) is -0.917. The summed E-state index contributed by atoms with van der Waals surface area (Å²) in [6.45, 7) is 5.37. The fraction of sp³-hybridized carbons (Fsp3) is 0.0833. The van der Waals surface area contributed by atoms with Crippen LogP contribution in [0.2, 0.25) is 0 Å². The Balaban J connectivity index is 1.97. The van der Waals surface area contributed by atoms with E-state index in [2.05, 4.69) is 22.0 Å². The SMILES string of the molecule is C=C(C)c1noc(OC(=O)Nc2ccccc2)n1. The Hall–Kier alpha value is -2.63. The molecule has 0 saturated carbocycles. The molecule has 6 nitrogen and oxygen atoms in total. The van der Waals surface area contributed by atoms with Crippen molar-refractivity contribution in [2.24, 2.45) is 0 Å². The summed E-state index contributed by atoms with van der Waals surface area (Å²) in [5.41, 5.74) is 1.24. The molecule has 1 aromatic heterocycles. The van der Waals surface area contributed by atoms with Gasteiger partial charge in [0.25, 0.3) is 0 Å². The van der Waals surface area contributed by atoms with Crippen LogP contribution in [0, 0.1) is 0 Å². The molecular weight excluding hydrogens is 234 g/mol. The Morgan fingerprint density at radius 3 is 2.72 bits per heavy atom. The molecule has 1 amide bonds. The molecule has 0 bridgehead atoms. The molecule has 0 unspecified atom stereocenters. The fourth-order valence-corrected chi connectivity index (χ4v) is 1.17. The minimum absolute atomic E-state index is 0.221. The lowest BCUT2D eigenvalue weighted by molar-refractivity contribution is 0.191. The molecule has 0 saturated heterocycles. The summed E-state index contributed by atoms with van der Waals surface area (Å²) in [4.78, 5) is 15.3. The lowest BCUT2D eigenvalue weighted by atomic mass is 10.3. The molecule has 1 aromatic carbocycles. The average molecular weight is 245 g/mol. The molecule has 0 aliphatic rings. The number of hydrogen-bond donors (Lipinski definition) is 1. The number of para-hydroxylation sites is 1. The smallest absolute Gasteiger partial charge is 0.358 e. The predicted molar refractivity (Wildman–Crippen MR) is 65.1 cm³/mol. The van der Waals surface area contributed by atoms with Crippen LogP contribution in [0.3, 0.4) is 0 Å². The maximum Gasteiger partial charge on any atom is 0.426 e. The number of aromatic nitrogens is 2. The Kier molecular flexibility index (Phi) is 3.38. The number of benzene rings is 1. The predicted octanol–water partition coefficient (Wildman–Crippen LogP) is 2.71. The van der Waals surface area contributed by atoms with Crippen LogP contribution in [-0.2, 0) is 0 Å². The van der Waals surface area contributed by atoms with Gasteiger partial charge in [0.2, 0.25) is 5.82 Å². The van der Waals surface area contributed by atoms with E-state index >= 15 is 0 Å². The normalized spacial score (nSPS) is 9.83. The molecule has 18 heavy (non-hydrogen) atoms. The molecule has 1 N–H and O–H groups in total. The third-order valence-electron chi connectivity index (χ3n) is 1.99. The Morgan fingerprint density at radius 2 is 2.11 bits per heavy atom. The first kappa shape index (κ1) is 11.8. The number of ether oxygens (including phenoxy) is 1. The van der Waals surface area contributed by atoms with Gasteiger partial charge in [0.05, 0.1) is 0 Å². The molecule has 0 aliphatic heterocycles. The highest BCUT2D eigenvalue weighted by atomic mass is 16.7. The molecule has 2 rings (SSSR count). The Morgan fingerprint density at radius 1 is 1.39 bits per heavy atom. The second kappa shape index (κ2) is 5.13. The van der Waals surface area contributed by atoms with Gasteiger partial charge in [-0.3, -0.25) is 9.84 Å². The highest BCUT2D eigenvalue weighted by Crippen LogP contribution is 2.13. The van der Waals surface area contributed by atoms with Crippen LogP contribution < -0.4 is 10.1 Å². The van der Waals surface area contributed by atoms with Crippen LogP contribution in [0.1, 0.15) is 12.7 Å². The molecule has 92 valence electrons. The van der Waals surface area contributed by atoms with Crippen LogP contribution in [0.4, 0.5) is 10.5 Å². The Labute approximate surface area is 103 Å². The van der Waals surface area contributed by atoms with Gasteiger partial charge < -0.3 is 4.74 Å². The van der Waals surface area contributed by atoms with Crippen LogP contribution in [0.25, 0.3) is 5.57 Å². The Bertz CT molecular complexity index is 563. The van der Waals surface area contributed by atoms with Crippen molar-refractivity contribution in [2.45, 2.75) is 6.92 Å². The topological polar surface area (TPSA) is 77.2 Å². The van der Waals surface area contributed by atoms with Gasteiger partial charge in [0, 0.05) is 5.69 Å². The number of allylic oxidation sites excluding steroid dienone is 1.